The fraction of sp³-hybridized carbons (Fsp3) is 0.273. The van der Waals surface area contributed by atoms with Gasteiger partial charge in [-0.2, -0.15) is 5.26 Å². The van der Waals surface area contributed by atoms with E-state index in [1.165, 1.54) is 35.2 Å². The van der Waals surface area contributed by atoms with Crippen LogP contribution < -0.4 is 11.1 Å². The standard InChI is InChI=1S/C22H19FN6OS2/c1-26-19-18(13-6-8-30-9-7-13)17(10-24)21(29-20(19)25)31-11-16-12-32-22(28-16)27-15-4-2-14(23)3-5-15/h2-5,12-13H,6-9,11H2,(H2,25,29)(H,27,28). The largest absolute Gasteiger partial charge is 0.392 e. The summed E-state index contributed by atoms with van der Waals surface area (Å²) >= 11 is 2.81. The van der Waals surface area contributed by atoms with Crippen molar-refractivity contribution in [3.63, 3.8) is 0 Å². The molecule has 3 N–H and O–H groups in total. The lowest BCUT2D eigenvalue weighted by molar-refractivity contribution is 0.0854. The van der Waals surface area contributed by atoms with Crippen LogP contribution in [0.1, 0.15) is 35.6 Å². The summed E-state index contributed by atoms with van der Waals surface area (Å²) < 4.78 is 18.5. The molecule has 2 aromatic heterocycles. The highest BCUT2D eigenvalue weighted by molar-refractivity contribution is 7.98. The number of pyridine rings is 1. The number of rotatable bonds is 6. The van der Waals surface area contributed by atoms with E-state index in [1.807, 2.05) is 5.38 Å². The molecule has 1 aliphatic heterocycles. The number of hydrogen-bond acceptors (Lipinski definition) is 8. The van der Waals surface area contributed by atoms with Crippen LogP contribution in [0.15, 0.2) is 34.7 Å². The van der Waals surface area contributed by atoms with Crippen molar-refractivity contribution in [2.24, 2.45) is 0 Å². The van der Waals surface area contributed by atoms with Gasteiger partial charge in [0.2, 0.25) is 5.69 Å². The first-order valence-electron chi connectivity index (χ1n) is 9.87. The zero-order chi connectivity index (χ0) is 22.5. The molecule has 4 rings (SSSR count). The van der Waals surface area contributed by atoms with Crippen molar-refractivity contribution in [2.45, 2.75) is 29.5 Å². The Morgan fingerprint density at radius 1 is 1.31 bits per heavy atom. The number of thioether (sulfide) groups is 1. The first-order chi connectivity index (χ1) is 15.6. The van der Waals surface area contributed by atoms with Gasteiger partial charge >= 0.3 is 0 Å². The van der Waals surface area contributed by atoms with Crippen LogP contribution in [0, 0.1) is 23.7 Å². The summed E-state index contributed by atoms with van der Waals surface area (Å²) in [5.74, 6) is 0.405. The van der Waals surface area contributed by atoms with E-state index in [-0.39, 0.29) is 23.2 Å². The molecular formula is C22H19FN6OS2. The topological polar surface area (TPSA) is 101 Å². The molecule has 0 atom stereocenters. The molecule has 0 bridgehead atoms. The number of thiazole rings is 1. The van der Waals surface area contributed by atoms with E-state index in [0.29, 0.717) is 40.3 Å². The molecule has 0 saturated carbocycles. The average Bonchev–Trinajstić information content (AvgIpc) is 3.26. The number of anilines is 3. The van der Waals surface area contributed by atoms with Gasteiger partial charge in [0.1, 0.15) is 22.7 Å². The minimum Gasteiger partial charge on any atom is -0.392 e. The number of benzene rings is 1. The number of nitrogen functional groups attached to an aromatic ring is 1. The third-order valence-corrected chi connectivity index (χ3v) is 6.88. The molecule has 3 aromatic rings. The maximum Gasteiger partial charge on any atom is 0.232 e. The van der Waals surface area contributed by atoms with Crippen molar-refractivity contribution in [2.75, 3.05) is 24.3 Å². The Hall–Kier alpha value is -3.18. The van der Waals surface area contributed by atoms with Crippen LogP contribution in [0.25, 0.3) is 4.85 Å². The highest BCUT2D eigenvalue weighted by atomic mass is 32.2. The predicted molar refractivity (Wildman–Crippen MR) is 124 cm³/mol. The van der Waals surface area contributed by atoms with Crippen LogP contribution in [0.3, 0.4) is 0 Å². The SMILES string of the molecule is [C-]#[N+]c1c(N)nc(SCc2csc(Nc3ccc(F)cc3)n2)c(C#N)c1C1CCOCC1. The lowest BCUT2D eigenvalue weighted by Gasteiger charge is -2.25. The molecular weight excluding hydrogens is 447 g/mol. The van der Waals surface area contributed by atoms with Gasteiger partial charge in [-0.1, -0.05) is 11.8 Å². The normalized spacial score (nSPS) is 14.0. The van der Waals surface area contributed by atoms with Gasteiger partial charge in [0.25, 0.3) is 0 Å². The molecule has 0 amide bonds. The molecule has 0 spiro atoms. The van der Waals surface area contributed by atoms with Crippen LogP contribution in [0.5, 0.6) is 0 Å². The lowest BCUT2D eigenvalue weighted by Crippen LogP contribution is -2.16. The van der Waals surface area contributed by atoms with Crippen molar-refractivity contribution < 1.29 is 9.13 Å². The van der Waals surface area contributed by atoms with E-state index in [9.17, 15) is 9.65 Å². The average molecular weight is 467 g/mol. The Kier molecular flexibility index (Phi) is 6.86. The molecule has 3 heterocycles. The maximum absolute atomic E-state index is 13.1. The summed E-state index contributed by atoms with van der Waals surface area (Å²) in [6.45, 7) is 8.75. The number of nitrogens with zero attached hydrogens (tertiary/aromatic N) is 4. The smallest absolute Gasteiger partial charge is 0.232 e. The van der Waals surface area contributed by atoms with Crippen molar-refractivity contribution in [1.29, 1.82) is 5.26 Å². The molecule has 7 nitrogen and oxygen atoms in total. The summed E-state index contributed by atoms with van der Waals surface area (Å²) in [6, 6.07) is 8.32. The molecule has 1 aliphatic rings. The zero-order valence-corrected chi connectivity index (χ0v) is 18.6. The Balaban J connectivity index is 1.54. The second kappa shape index (κ2) is 9.96. The summed E-state index contributed by atoms with van der Waals surface area (Å²) in [7, 11) is 0. The van der Waals surface area contributed by atoms with Gasteiger partial charge in [0.15, 0.2) is 5.13 Å². The Morgan fingerprint density at radius 2 is 2.06 bits per heavy atom. The van der Waals surface area contributed by atoms with Gasteiger partial charge in [-0.3, -0.25) is 0 Å². The highest BCUT2D eigenvalue weighted by Crippen LogP contribution is 2.42. The zero-order valence-electron chi connectivity index (χ0n) is 17.0. The summed E-state index contributed by atoms with van der Waals surface area (Å²) in [5.41, 5.74) is 9.05. The van der Waals surface area contributed by atoms with E-state index in [0.717, 1.165) is 24.2 Å². The van der Waals surface area contributed by atoms with Crippen molar-refractivity contribution in [3.05, 3.63) is 63.7 Å². The third kappa shape index (κ3) is 4.83. The van der Waals surface area contributed by atoms with Gasteiger partial charge in [-0.15, -0.1) is 11.3 Å². The number of nitrogens with two attached hydrogens (primary N) is 1. The molecule has 10 heteroatoms. The number of nitrogens with one attached hydrogen (secondary N) is 1. The Bertz CT molecular complexity index is 1190. The Morgan fingerprint density at radius 3 is 2.75 bits per heavy atom. The van der Waals surface area contributed by atoms with Crippen molar-refractivity contribution in [3.8, 4) is 6.07 Å². The Labute approximate surface area is 193 Å². The van der Waals surface area contributed by atoms with E-state index < -0.39 is 0 Å². The molecule has 0 radical (unpaired) electrons. The van der Waals surface area contributed by atoms with E-state index >= 15 is 0 Å². The summed E-state index contributed by atoms with van der Waals surface area (Å²) in [5, 5.41) is 16.2. The summed E-state index contributed by atoms with van der Waals surface area (Å²) in [6.07, 6.45) is 1.49. The van der Waals surface area contributed by atoms with Crippen LogP contribution in [-0.4, -0.2) is 23.2 Å². The van der Waals surface area contributed by atoms with Crippen LogP contribution in [0.4, 0.5) is 26.7 Å². The van der Waals surface area contributed by atoms with Gasteiger partial charge in [-0.25, -0.2) is 19.2 Å². The molecule has 0 unspecified atom stereocenters. The third-order valence-electron chi connectivity index (χ3n) is 5.06. The van der Waals surface area contributed by atoms with Gasteiger partial charge in [-0.05, 0) is 48.6 Å². The molecule has 1 fully saturated rings. The number of aromatic nitrogens is 2. The number of hydrogen-bond donors (Lipinski definition) is 2. The first-order valence-corrected chi connectivity index (χ1v) is 11.7. The van der Waals surface area contributed by atoms with E-state index in [2.05, 4.69) is 26.2 Å². The minimum absolute atomic E-state index is 0.0536. The summed E-state index contributed by atoms with van der Waals surface area (Å²) in [4.78, 5) is 12.5. The monoisotopic (exact) mass is 466 g/mol. The molecule has 32 heavy (non-hydrogen) atoms. The van der Waals surface area contributed by atoms with E-state index in [1.54, 1.807) is 12.1 Å². The van der Waals surface area contributed by atoms with E-state index in [4.69, 9.17) is 17.0 Å². The van der Waals surface area contributed by atoms with Gasteiger partial charge in [0, 0.05) is 30.0 Å². The van der Waals surface area contributed by atoms with Crippen LogP contribution >= 0.6 is 23.1 Å². The van der Waals surface area contributed by atoms with Crippen molar-refractivity contribution in [1.82, 2.24) is 9.97 Å². The second-order valence-electron chi connectivity index (χ2n) is 7.11. The number of ether oxygens (including phenoxy) is 1. The van der Waals surface area contributed by atoms with Crippen LogP contribution in [0.2, 0.25) is 0 Å². The van der Waals surface area contributed by atoms with Crippen LogP contribution in [-0.2, 0) is 10.5 Å². The van der Waals surface area contributed by atoms with Gasteiger partial charge in [0.05, 0.1) is 17.8 Å². The predicted octanol–water partition coefficient (Wildman–Crippen LogP) is 5.61. The number of nitriles is 1. The molecule has 1 aromatic carbocycles. The molecule has 1 saturated heterocycles. The second-order valence-corrected chi connectivity index (χ2v) is 8.94. The van der Waals surface area contributed by atoms with Crippen molar-refractivity contribution >= 4 is 45.4 Å². The fourth-order valence-electron chi connectivity index (χ4n) is 3.53. The lowest BCUT2D eigenvalue weighted by atomic mass is 9.88. The maximum atomic E-state index is 13.1. The molecule has 0 aliphatic carbocycles. The van der Waals surface area contributed by atoms with Gasteiger partial charge < -0.3 is 15.8 Å². The number of halogens is 1. The highest BCUT2D eigenvalue weighted by Gasteiger charge is 2.27. The quantitative estimate of drug-likeness (QED) is 0.359. The molecule has 162 valence electrons. The fourth-order valence-corrected chi connectivity index (χ4v) is 5.26. The minimum atomic E-state index is -0.295. The first kappa shape index (κ1) is 22.0.